The Kier molecular flexibility index (Phi) is 8.05. The van der Waals surface area contributed by atoms with Gasteiger partial charge in [0.1, 0.15) is 17.4 Å². The SMILES string of the molecule is CCCN1CC=C[C@@]2(CC)O[C@]34C=CCN(c5ccc(OC)cc5)C(=O)C3N([C@@H](CO)CC(C)C)C(=O)[C@@H]4[C@H]2C1=O. The minimum Gasteiger partial charge on any atom is -0.497 e. The summed E-state index contributed by atoms with van der Waals surface area (Å²) < 4.78 is 12.3. The van der Waals surface area contributed by atoms with Gasteiger partial charge in [0, 0.05) is 25.3 Å². The molecule has 9 heteroatoms. The molecule has 0 aromatic heterocycles. The van der Waals surface area contributed by atoms with E-state index < -0.39 is 35.1 Å². The Morgan fingerprint density at radius 3 is 2.32 bits per heavy atom. The molecular formula is C32H43N3O6. The van der Waals surface area contributed by atoms with Crippen molar-refractivity contribution < 1.29 is 29.0 Å². The lowest BCUT2D eigenvalue weighted by Crippen LogP contribution is -2.59. The Morgan fingerprint density at radius 2 is 1.71 bits per heavy atom. The summed E-state index contributed by atoms with van der Waals surface area (Å²) in [7, 11) is 1.59. The Labute approximate surface area is 242 Å². The molecule has 222 valence electrons. The van der Waals surface area contributed by atoms with Crippen LogP contribution in [0, 0.1) is 17.8 Å². The number of carbonyl (C=O) groups is 3. The van der Waals surface area contributed by atoms with E-state index in [1.54, 1.807) is 33.9 Å². The zero-order valence-corrected chi connectivity index (χ0v) is 24.8. The number of anilines is 1. The van der Waals surface area contributed by atoms with E-state index in [0.29, 0.717) is 37.4 Å². The number of aliphatic hydroxyl groups excluding tert-OH is 1. The predicted molar refractivity (Wildman–Crippen MR) is 155 cm³/mol. The van der Waals surface area contributed by atoms with Crippen molar-refractivity contribution in [2.24, 2.45) is 17.8 Å². The molecule has 0 bridgehead atoms. The van der Waals surface area contributed by atoms with Crippen LogP contribution in [0.15, 0.2) is 48.6 Å². The van der Waals surface area contributed by atoms with Gasteiger partial charge in [0.2, 0.25) is 11.8 Å². The van der Waals surface area contributed by atoms with Crippen LogP contribution in [-0.2, 0) is 19.1 Å². The smallest absolute Gasteiger partial charge is 0.253 e. The molecule has 41 heavy (non-hydrogen) atoms. The molecule has 4 aliphatic rings. The highest BCUT2D eigenvalue weighted by atomic mass is 16.5. The highest BCUT2D eigenvalue weighted by molar-refractivity contribution is 6.06. The first-order valence-electron chi connectivity index (χ1n) is 14.9. The summed E-state index contributed by atoms with van der Waals surface area (Å²) in [6.45, 7) is 9.08. The van der Waals surface area contributed by atoms with Crippen molar-refractivity contribution in [2.75, 3.05) is 38.3 Å². The topological polar surface area (TPSA) is 99.6 Å². The second-order valence-corrected chi connectivity index (χ2v) is 12.1. The Bertz CT molecular complexity index is 1230. The standard InChI is InChI=1S/C32H43N3O6/c1-6-16-33-17-8-14-31(7-2)25(28(33)37)26-29(38)35(23(20-36)19-21(3)4)27-30(39)34(18-9-15-32(26,27)41-31)22-10-12-24(40-5)13-11-22/h8-15,21,23,25-27,36H,6-7,16-20H2,1-5H3/t23-,25+,26+,27?,31-,32+/m1/s1. The van der Waals surface area contributed by atoms with Crippen LogP contribution < -0.4 is 9.64 Å². The molecule has 5 rings (SSSR count). The molecule has 4 heterocycles. The van der Waals surface area contributed by atoms with E-state index in [4.69, 9.17) is 9.47 Å². The Morgan fingerprint density at radius 1 is 1.00 bits per heavy atom. The highest BCUT2D eigenvalue weighted by Gasteiger charge is 2.75. The van der Waals surface area contributed by atoms with Gasteiger partial charge in [-0.15, -0.1) is 0 Å². The predicted octanol–water partition coefficient (Wildman–Crippen LogP) is 3.17. The normalized spacial score (nSPS) is 31.7. The summed E-state index contributed by atoms with van der Waals surface area (Å²) in [5, 5.41) is 10.6. The highest BCUT2D eigenvalue weighted by Crippen LogP contribution is 2.59. The molecule has 1 spiro atoms. The van der Waals surface area contributed by atoms with E-state index in [1.807, 2.05) is 64.1 Å². The second kappa shape index (κ2) is 11.2. The third kappa shape index (κ3) is 4.57. The van der Waals surface area contributed by atoms with E-state index in [1.165, 1.54) is 0 Å². The largest absolute Gasteiger partial charge is 0.497 e. The van der Waals surface area contributed by atoms with Crippen molar-refractivity contribution in [1.29, 1.82) is 0 Å². The monoisotopic (exact) mass is 565 g/mol. The summed E-state index contributed by atoms with van der Waals surface area (Å²) in [5.74, 6) is -1.53. The molecule has 1 N–H and O–H groups in total. The number of likely N-dealkylation sites (tertiary alicyclic amines) is 1. The van der Waals surface area contributed by atoms with Crippen molar-refractivity contribution in [2.45, 2.75) is 70.2 Å². The summed E-state index contributed by atoms with van der Waals surface area (Å²) in [6, 6.07) is 5.61. The van der Waals surface area contributed by atoms with Crippen LogP contribution >= 0.6 is 0 Å². The lowest BCUT2D eigenvalue weighted by Gasteiger charge is -2.41. The molecule has 4 aliphatic heterocycles. The van der Waals surface area contributed by atoms with Crippen molar-refractivity contribution in [3.8, 4) is 5.75 Å². The number of benzene rings is 1. The number of amides is 3. The average Bonchev–Trinajstić information content (AvgIpc) is 3.26. The molecule has 0 saturated carbocycles. The number of ether oxygens (including phenoxy) is 2. The summed E-state index contributed by atoms with van der Waals surface area (Å²) >= 11 is 0. The van der Waals surface area contributed by atoms with Gasteiger partial charge >= 0.3 is 0 Å². The van der Waals surface area contributed by atoms with Crippen molar-refractivity contribution in [3.63, 3.8) is 0 Å². The van der Waals surface area contributed by atoms with Gasteiger partial charge in [0.05, 0.1) is 37.2 Å². The number of nitrogens with zero attached hydrogens (tertiary/aromatic N) is 3. The van der Waals surface area contributed by atoms with Gasteiger partial charge in [-0.3, -0.25) is 14.4 Å². The molecule has 1 unspecified atom stereocenters. The lowest BCUT2D eigenvalue weighted by molar-refractivity contribution is -0.153. The fourth-order valence-corrected chi connectivity index (χ4v) is 7.43. The van der Waals surface area contributed by atoms with Crippen LogP contribution in [0.1, 0.15) is 47.0 Å². The first-order chi connectivity index (χ1) is 19.7. The third-order valence-electron chi connectivity index (χ3n) is 9.19. The van der Waals surface area contributed by atoms with Crippen LogP contribution in [0.3, 0.4) is 0 Å². The van der Waals surface area contributed by atoms with Crippen LogP contribution in [0.2, 0.25) is 0 Å². The molecule has 0 radical (unpaired) electrons. The lowest BCUT2D eigenvalue weighted by atomic mass is 9.73. The Balaban J connectivity index is 1.67. The van der Waals surface area contributed by atoms with E-state index in [-0.39, 0.29) is 36.8 Å². The number of hydrogen-bond acceptors (Lipinski definition) is 6. The van der Waals surface area contributed by atoms with Crippen LogP contribution in [0.4, 0.5) is 5.69 Å². The quantitative estimate of drug-likeness (QED) is 0.462. The number of aliphatic hydroxyl groups is 1. The summed E-state index contributed by atoms with van der Waals surface area (Å²) in [5.41, 5.74) is -1.70. The van der Waals surface area contributed by atoms with Crippen LogP contribution in [0.5, 0.6) is 5.75 Å². The number of hydrogen-bond donors (Lipinski definition) is 1. The van der Waals surface area contributed by atoms with Gasteiger partial charge in [0.25, 0.3) is 5.91 Å². The first-order valence-corrected chi connectivity index (χ1v) is 14.9. The summed E-state index contributed by atoms with van der Waals surface area (Å²) in [4.78, 5) is 48.6. The van der Waals surface area contributed by atoms with Crippen LogP contribution in [-0.4, -0.2) is 89.3 Å². The van der Waals surface area contributed by atoms with Gasteiger partial charge in [-0.2, -0.15) is 0 Å². The van der Waals surface area contributed by atoms with E-state index >= 15 is 0 Å². The molecular weight excluding hydrogens is 522 g/mol. The zero-order chi connectivity index (χ0) is 29.5. The van der Waals surface area contributed by atoms with Gasteiger partial charge < -0.3 is 29.3 Å². The molecule has 9 nitrogen and oxygen atoms in total. The van der Waals surface area contributed by atoms with Gasteiger partial charge in [0.15, 0.2) is 0 Å². The molecule has 1 aromatic rings. The van der Waals surface area contributed by atoms with Crippen LogP contribution in [0.25, 0.3) is 0 Å². The number of carbonyl (C=O) groups excluding carboxylic acids is 3. The Hall–Kier alpha value is -3.17. The van der Waals surface area contributed by atoms with Gasteiger partial charge in [-0.05, 0) is 49.4 Å². The minimum atomic E-state index is -1.35. The maximum absolute atomic E-state index is 14.7. The molecule has 6 atom stereocenters. The second-order valence-electron chi connectivity index (χ2n) is 12.1. The third-order valence-corrected chi connectivity index (χ3v) is 9.19. The maximum atomic E-state index is 14.7. The summed E-state index contributed by atoms with van der Waals surface area (Å²) in [6.07, 6.45) is 9.46. The van der Waals surface area contributed by atoms with Crippen molar-refractivity contribution in [1.82, 2.24) is 9.80 Å². The molecule has 1 aromatic carbocycles. The fraction of sp³-hybridized carbons (Fsp3) is 0.594. The van der Waals surface area contributed by atoms with Gasteiger partial charge in [-0.25, -0.2) is 0 Å². The van der Waals surface area contributed by atoms with Gasteiger partial charge in [-0.1, -0.05) is 52.0 Å². The fourth-order valence-electron chi connectivity index (χ4n) is 7.43. The molecule has 2 fully saturated rings. The molecule has 0 aliphatic carbocycles. The first kappa shape index (κ1) is 29.3. The van der Waals surface area contributed by atoms with Crippen molar-refractivity contribution in [3.05, 3.63) is 48.6 Å². The average molecular weight is 566 g/mol. The van der Waals surface area contributed by atoms with E-state index in [0.717, 1.165) is 6.42 Å². The number of rotatable bonds is 9. The van der Waals surface area contributed by atoms with E-state index in [2.05, 4.69) is 0 Å². The molecule has 3 amide bonds. The minimum absolute atomic E-state index is 0.115. The number of methoxy groups -OCH3 is 1. The van der Waals surface area contributed by atoms with E-state index in [9.17, 15) is 19.5 Å². The maximum Gasteiger partial charge on any atom is 0.253 e. The zero-order valence-electron chi connectivity index (χ0n) is 24.8. The molecule has 2 saturated heterocycles. The number of fused-ring (bicyclic) bond motifs is 2. The van der Waals surface area contributed by atoms with Crippen molar-refractivity contribution >= 4 is 23.4 Å².